The number of halogens is 3. The maximum Gasteiger partial charge on any atom is 0.264 e. The molecule has 5 nitrogen and oxygen atoms in total. The predicted molar refractivity (Wildman–Crippen MR) is 120 cm³/mol. The Morgan fingerprint density at radius 2 is 1.55 bits per heavy atom. The second kappa shape index (κ2) is 9.17. The number of carbonyl (C=O) groups is 1. The number of hydrogen-bond acceptors (Lipinski definition) is 3. The van der Waals surface area contributed by atoms with Gasteiger partial charge in [-0.15, -0.1) is 0 Å². The Balaban J connectivity index is 1.97. The number of rotatable bonds is 6. The van der Waals surface area contributed by atoms with Crippen molar-refractivity contribution in [2.45, 2.75) is 4.90 Å². The van der Waals surface area contributed by atoms with Crippen molar-refractivity contribution in [2.75, 3.05) is 16.2 Å². The van der Waals surface area contributed by atoms with Crippen LogP contribution in [0.2, 0.25) is 10.0 Å². The van der Waals surface area contributed by atoms with Gasteiger partial charge in [-0.25, -0.2) is 8.42 Å². The van der Waals surface area contributed by atoms with Crippen molar-refractivity contribution >= 4 is 66.4 Å². The lowest BCUT2D eigenvalue weighted by atomic mass is 10.3. The predicted octanol–water partition coefficient (Wildman–Crippen LogP) is 5.59. The van der Waals surface area contributed by atoms with Crippen molar-refractivity contribution in [3.63, 3.8) is 0 Å². The zero-order chi connectivity index (χ0) is 21.0. The fourth-order valence-electron chi connectivity index (χ4n) is 2.59. The SMILES string of the molecule is O=C(CN(c1cccc(Br)c1)S(=O)(=O)c1ccccc1)Nc1c(Cl)cccc1Cl. The molecule has 0 aliphatic heterocycles. The smallest absolute Gasteiger partial charge is 0.264 e. The van der Waals surface area contributed by atoms with Crippen molar-refractivity contribution in [3.8, 4) is 0 Å². The second-order valence-corrected chi connectivity index (χ2v) is 9.54. The van der Waals surface area contributed by atoms with Gasteiger partial charge < -0.3 is 5.32 Å². The number of nitrogens with zero attached hydrogens (tertiary/aromatic N) is 1. The molecule has 9 heteroatoms. The molecule has 0 aliphatic carbocycles. The Labute approximate surface area is 187 Å². The Morgan fingerprint density at radius 3 is 2.17 bits per heavy atom. The van der Waals surface area contributed by atoms with E-state index in [0.29, 0.717) is 10.2 Å². The van der Waals surface area contributed by atoms with E-state index in [-0.39, 0.29) is 20.6 Å². The normalized spacial score (nSPS) is 11.1. The van der Waals surface area contributed by atoms with Crippen LogP contribution in [0.25, 0.3) is 0 Å². The summed E-state index contributed by atoms with van der Waals surface area (Å²) in [6.45, 7) is -0.463. The van der Waals surface area contributed by atoms with Gasteiger partial charge >= 0.3 is 0 Å². The van der Waals surface area contributed by atoms with Crippen molar-refractivity contribution < 1.29 is 13.2 Å². The van der Waals surface area contributed by atoms with Gasteiger partial charge in [0.1, 0.15) is 6.54 Å². The van der Waals surface area contributed by atoms with Crippen molar-refractivity contribution in [1.82, 2.24) is 0 Å². The van der Waals surface area contributed by atoms with E-state index < -0.39 is 22.5 Å². The number of sulfonamides is 1. The fourth-order valence-corrected chi connectivity index (χ4v) is 4.91. The largest absolute Gasteiger partial charge is 0.322 e. The van der Waals surface area contributed by atoms with E-state index in [4.69, 9.17) is 23.2 Å². The van der Waals surface area contributed by atoms with E-state index in [9.17, 15) is 13.2 Å². The molecule has 0 atom stereocenters. The molecule has 3 aromatic rings. The first-order valence-corrected chi connectivity index (χ1v) is 11.3. The van der Waals surface area contributed by atoms with E-state index in [0.717, 1.165) is 4.31 Å². The van der Waals surface area contributed by atoms with Gasteiger partial charge in [0, 0.05) is 4.47 Å². The number of carbonyl (C=O) groups excluding carboxylic acids is 1. The van der Waals surface area contributed by atoms with Crippen molar-refractivity contribution in [1.29, 1.82) is 0 Å². The zero-order valence-electron chi connectivity index (χ0n) is 14.8. The topological polar surface area (TPSA) is 66.5 Å². The summed E-state index contributed by atoms with van der Waals surface area (Å²) in [6.07, 6.45) is 0. The quantitative estimate of drug-likeness (QED) is 0.467. The molecule has 0 fully saturated rings. The summed E-state index contributed by atoms with van der Waals surface area (Å²) < 4.78 is 28.2. The molecule has 0 unspecified atom stereocenters. The van der Waals surface area contributed by atoms with Crippen LogP contribution in [0.15, 0.2) is 82.2 Å². The van der Waals surface area contributed by atoms with E-state index in [2.05, 4.69) is 21.2 Å². The molecule has 0 aromatic heterocycles. The minimum absolute atomic E-state index is 0.0727. The van der Waals surface area contributed by atoms with E-state index in [1.807, 2.05) is 0 Å². The standard InChI is InChI=1S/C20H15BrCl2N2O3S/c21-14-6-4-7-15(12-14)25(29(27,28)16-8-2-1-3-9-16)13-19(26)24-20-17(22)10-5-11-18(20)23/h1-12H,13H2,(H,24,26). The van der Waals surface area contributed by atoms with Gasteiger partial charge in [0.25, 0.3) is 10.0 Å². The average molecular weight is 514 g/mol. The Morgan fingerprint density at radius 1 is 0.931 bits per heavy atom. The lowest BCUT2D eigenvalue weighted by Gasteiger charge is -2.24. The number of nitrogens with one attached hydrogen (secondary N) is 1. The lowest BCUT2D eigenvalue weighted by molar-refractivity contribution is -0.114. The third-order valence-electron chi connectivity index (χ3n) is 3.94. The summed E-state index contributed by atoms with van der Waals surface area (Å²) in [5.74, 6) is -0.584. The van der Waals surface area contributed by atoms with Crippen molar-refractivity contribution in [3.05, 3.63) is 87.3 Å². The van der Waals surface area contributed by atoms with Crippen LogP contribution in [0.1, 0.15) is 0 Å². The van der Waals surface area contributed by atoms with Crippen LogP contribution in [-0.2, 0) is 14.8 Å². The van der Waals surface area contributed by atoms with E-state index >= 15 is 0 Å². The summed E-state index contributed by atoms with van der Waals surface area (Å²) in [7, 11) is -3.99. The van der Waals surface area contributed by atoms with Gasteiger partial charge in [-0.2, -0.15) is 0 Å². The summed E-state index contributed by atoms with van der Waals surface area (Å²) in [5.41, 5.74) is 0.566. The fraction of sp³-hybridized carbons (Fsp3) is 0.0500. The number of benzene rings is 3. The maximum atomic E-state index is 13.2. The molecule has 0 spiro atoms. The lowest BCUT2D eigenvalue weighted by Crippen LogP contribution is -2.38. The molecule has 0 aliphatic rings. The molecule has 1 amide bonds. The second-order valence-electron chi connectivity index (χ2n) is 5.95. The van der Waals surface area contributed by atoms with Crippen molar-refractivity contribution in [2.24, 2.45) is 0 Å². The van der Waals surface area contributed by atoms with Crippen LogP contribution in [0.3, 0.4) is 0 Å². The monoisotopic (exact) mass is 512 g/mol. The molecule has 29 heavy (non-hydrogen) atoms. The van der Waals surface area contributed by atoms with E-state index in [1.165, 1.54) is 12.1 Å². The van der Waals surface area contributed by atoms with Gasteiger partial charge in [0.15, 0.2) is 0 Å². The molecule has 0 saturated carbocycles. The molecule has 0 radical (unpaired) electrons. The van der Waals surface area contributed by atoms with Crippen LogP contribution in [-0.4, -0.2) is 20.9 Å². The van der Waals surface area contributed by atoms with Crippen LogP contribution in [0.4, 0.5) is 11.4 Å². The highest BCUT2D eigenvalue weighted by Crippen LogP contribution is 2.30. The van der Waals surface area contributed by atoms with Gasteiger partial charge in [-0.3, -0.25) is 9.10 Å². The molecule has 1 N–H and O–H groups in total. The number of hydrogen-bond donors (Lipinski definition) is 1. The summed E-state index contributed by atoms with van der Waals surface area (Å²) in [5, 5.41) is 3.11. The van der Waals surface area contributed by atoms with Gasteiger partial charge in [-0.1, -0.05) is 69.5 Å². The highest BCUT2D eigenvalue weighted by atomic mass is 79.9. The summed E-state index contributed by atoms with van der Waals surface area (Å²) >= 11 is 15.5. The maximum absolute atomic E-state index is 13.2. The Kier molecular flexibility index (Phi) is 6.85. The highest BCUT2D eigenvalue weighted by Gasteiger charge is 2.27. The first-order valence-electron chi connectivity index (χ1n) is 8.36. The van der Waals surface area contributed by atoms with Gasteiger partial charge in [0.2, 0.25) is 5.91 Å². The Hall–Kier alpha value is -2.06. The van der Waals surface area contributed by atoms with Crippen LogP contribution in [0.5, 0.6) is 0 Å². The zero-order valence-corrected chi connectivity index (χ0v) is 18.8. The molecular formula is C20H15BrCl2N2O3S. The molecule has 0 bridgehead atoms. The third-order valence-corrected chi connectivity index (χ3v) is 6.85. The molecule has 0 heterocycles. The molecule has 150 valence electrons. The molecule has 3 aromatic carbocycles. The van der Waals surface area contributed by atoms with Gasteiger partial charge in [-0.05, 0) is 42.5 Å². The minimum atomic E-state index is -3.99. The minimum Gasteiger partial charge on any atom is -0.322 e. The van der Waals surface area contributed by atoms with Crippen LogP contribution >= 0.6 is 39.1 Å². The Bertz CT molecular complexity index is 1120. The summed E-state index contributed by atoms with van der Waals surface area (Å²) in [6, 6.07) is 19.4. The van der Waals surface area contributed by atoms with Gasteiger partial charge in [0.05, 0.1) is 26.3 Å². The number of anilines is 2. The average Bonchev–Trinajstić information content (AvgIpc) is 2.69. The number of para-hydroxylation sites is 1. The first-order chi connectivity index (χ1) is 13.8. The van der Waals surface area contributed by atoms with E-state index in [1.54, 1.807) is 60.7 Å². The molecular weight excluding hydrogens is 499 g/mol. The number of amides is 1. The highest BCUT2D eigenvalue weighted by molar-refractivity contribution is 9.10. The molecule has 0 saturated heterocycles. The first kappa shape index (κ1) is 21.6. The third kappa shape index (κ3) is 5.11. The van der Waals surface area contributed by atoms with Crippen LogP contribution < -0.4 is 9.62 Å². The van der Waals surface area contributed by atoms with Crippen LogP contribution in [0, 0.1) is 0 Å². The molecule has 3 rings (SSSR count). The summed E-state index contributed by atoms with van der Waals surface area (Å²) in [4.78, 5) is 12.8.